The Kier molecular flexibility index (Phi) is 4.03. The first kappa shape index (κ1) is 11.4. The molecule has 1 aromatic carbocycles. The van der Waals surface area contributed by atoms with Crippen LogP contribution in [0, 0.1) is 0 Å². The van der Waals surface area contributed by atoms with Gasteiger partial charge in [0.15, 0.2) is 5.78 Å². The Labute approximate surface area is 88.7 Å². The number of aromatic hydroxyl groups is 1. The average Bonchev–Trinajstić information content (AvgIpc) is 2.26. The van der Waals surface area contributed by atoms with Gasteiger partial charge in [-0.05, 0) is 12.1 Å². The number of phenols is 1. The predicted molar refractivity (Wildman–Crippen MR) is 57.0 cm³/mol. The SMILES string of the molecule is CCC(=O)CCC(=O)c1ccccc1O. The molecule has 0 fully saturated rings. The number of Topliss-reactive ketones (excluding diaryl/α,β-unsaturated/α-hetero) is 2. The zero-order valence-corrected chi connectivity index (χ0v) is 8.69. The highest BCUT2D eigenvalue weighted by Crippen LogP contribution is 2.18. The fourth-order valence-corrected chi connectivity index (χ4v) is 1.27. The lowest BCUT2D eigenvalue weighted by Crippen LogP contribution is -2.03. The van der Waals surface area contributed by atoms with Crippen LogP contribution in [0.5, 0.6) is 5.75 Å². The summed E-state index contributed by atoms with van der Waals surface area (Å²) < 4.78 is 0. The zero-order chi connectivity index (χ0) is 11.3. The maximum atomic E-state index is 11.6. The third-order valence-electron chi connectivity index (χ3n) is 2.23. The van der Waals surface area contributed by atoms with E-state index in [0.717, 1.165) is 0 Å². The van der Waals surface area contributed by atoms with Crippen LogP contribution in [0.3, 0.4) is 0 Å². The molecule has 0 saturated heterocycles. The van der Waals surface area contributed by atoms with Gasteiger partial charge in [-0.3, -0.25) is 9.59 Å². The lowest BCUT2D eigenvalue weighted by atomic mass is 10.0. The normalized spacial score (nSPS) is 9.93. The van der Waals surface area contributed by atoms with Crippen molar-refractivity contribution in [2.24, 2.45) is 0 Å². The molecule has 0 unspecified atom stereocenters. The Morgan fingerprint density at radius 1 is 1.20 bits per heavy atom. The van der Waals surface area contributed by atoms with Crippen LogP contribution < -0.4 is 0 Å². The molecular formula is C12H14O3. The van der Waals surface area contributed by atoms with Gasteiger partial charge < -0.3 is 5.11 Å². The maximum Gasteiger partial charge on any atom is 0.167 e. The Morgan fingerprint density at radius 3 is 2.47 bits per heavy atom. The molecule has 0 heterocycles. The lowest BCUT2D eigenvalue weighted by Gasteiger charge is -2.02. The molecule has 0 amide bonds. The minimum absolute atomic E-state index is 0.0218. The summed E-state index contributed by atoms with van der Waals surface area (Å²) in [6.45, 7) is 1.77. The molecule has 0 aromatic heterocycles. The molecule has 0 spiro atoms. The van der Waals surface area contributed by atoms with Crippen molar-refractivity contribution in [2.75, 3.05) is 0 Å². The highest BCUT2D eigenvalue weighted by atomic mass is 16.3. The van der Waals surface area contributed by atoms with E-state index in [9.17, 15) is 14.7 Å². The minimum atomic E-state index is -0.185. The van der Waals surface area contributed by atoms with Crippen LogP contribution in [0.2, 0.25) is 0 Å². The summed E-state index contributed by atoms with van der Waals surface area (Å²) in [6, 6.07) is 6.38. The van der Waals surface area contributed by atoms with Crippen LogP contribution in [0.15, 0.2) is 24.3 Å². The van der Waals surface area contributed by atoms with Crippen LogP contribution in [-0.2, 0) is 4.79 Å². The highest BCUT2D eigenvalue weighted by molar-refractivity contribution is 6.00. The standard InChI is InChI=1S/C12H14O3/c1-2-9(13)7-8-12(15)10-5-3-4-6-11(10)14/h3-6,14H,2,7-8H2,1H3. The Hall–Kier alpha value is -1.64. The molecular weight excluding hydrogens is 192 g/mol. The number of phenolic OH excluding ortho intramolecular Hbond substituents is 1. The first-order valence-corrected chi connectivity index (χ1v) is 4.98. The fourth-order valence-electron chi connectivity index (χ4n) is 1.27. The van der Waals surface area contributed by atoms with E-state index >= 15 is 0 Å². The van der Waals surface area contributed by atoms with Crippen molar-refractivity contribution < 1.29 is 14.7 Å². The van der Waals surface area contributed by atoms with Crippen molar-refractivity contribution >= 4 is 11.6 Å². The van der Waals surface area contributed by atoms with E-state index in [-0.39, 0.29) is 30.2 Å². The smallest absolute Gasteiger partial charge is 0.167 e. The van der Waals surface area contributed by atoms with Gasteiger partial charge in [-0.15, -0.1) is 0 Å². The molecule has 3 nitrogen and oxygen atoms in total. The first-order chi connectivity index (χ1) is 7.15. The maximum absolute atomic E-state index is 11.6. The molecule has 0 aliphatic rings. The monoisotopic (exact) mass is 206 g/mol. The van der Waals surface area contributed by atoms with E-state index in [2.05, 4.69) is 0 Å². The van der Waals surface area contributed by atoms with E-state index in [1.54, 1.807) is 25.1 Å². The van der Waals surface area contributed by atoms with Gasteiger partial charge >= 0.3 is 0 Å². The van der Waals surface area contributed by atoms with Gasteiger partial charge in [0.2, 0.25) is 0 Å². The Balaban J connectivity index is 2.62. The van der Waals surface area contributed by atoms with Gasteiger partial charge in [-0.1, -0.05) is 19.1 Å². The van der Waals surface area contributed by atoms with Gasteiger partial charge in [0.05, 0.1) is 5.56 Å². The van der Waals surface area contributed by atoms with Crippen molar-refractivity contribution in [1.29, 1.82) is 0 Å². The van der Waals surface area contributed by atoms with E-state index in [1.165, 1.54) is 6.07 Å². The van der Waals surface area contributed by atoms with Crippen molar-refractivity contribution in [3.63, 3.8) is 0 Å². The quantitative estimate of drug-likeness (QED) is 0.752. The highest BCUT2D eigenvalue weighted by Gasteiger charge is 2.11. The third kappa shape index (κ3) is 3.20. The zero-order valence-electron chi connectivity index (χ0n) is 8.69. The number of hydrogen-bond donors (Lipinski definition) is 1. The molecule has 15 heavy (non-hydrogen) atoms. The molecule has 0 bridgehead atoms. The molecule has 0 aliphatic heterocycles. The second-order valence-electron chi connectivity index (χ2n) is 3.33. The number of benzene rings is 1. The molecule has 0 radical (unpaired) electrons. The summed E-state index contributed by atoms with van der Waals surface area (Å²) in [5.74, 6) is -0.139. The van der Waals surface area contributed by atoms with Gasteiger partial charge in [0.1, 0.15) is 11.5 Å². The molecule has 1 rings (SSSR count). The number of carbonyl (C=O) groups is 2. The van der Waals surface area contributed by atoms with Gasteiger partial charge in [-0.2, -0.15) is 0 Å². The second-order valence-corrected chi connectivity index (χ2v) is 3.33. The van der Waals surface area contributed by atoms with Gasteiger partial charge in [-0.25, -0.2) is 0 Å². The molecule has 80 valence electrons. The number of para-hydroxylation sites is 1. The number of hydrogen-bond acceptors (Lipinski definition) is 3. The van der Waals surface area contributed by atoms with Crippen LogP contribution in [0.4, 0.5) is 0 Å². The largest absolute Gasteiger partial charge is 0.507 e. The third-order valence-corrected chi connectivity index (χ3v) is 2.23. The van der Waals surface area contributed by atoms with Crippen molar-refractivity contribution in [1.82, 2.24) is 0 Å². The van der Waals surface area contributed by atoms with Gasteiger partial charge in [0.25, 0.3) is 0 Å². The summed E-state index contributed by atoms with van der Waals surface area (Å²) in [5.41, 5.74) is 0.293. The summed E-state index contributed by atoms with van der Waals surface area (Å²) in [5, 5.41) is 9.40. The second kappa shape index (κ2) is 5.29. The number of ketones is 2. The average molecular weight is 206 g/mol. The molecule has 1 N–H and O–H groups in total. The minimum Gasteiger partial charge on any atom is -0.507 e. The predicted octanol–water partition coefficient (Wildman–Crippen LogP) is 2.33. The summed E-state index contributed by atoms with van der Waals surface area (Å²) in [6.07, 6.45) is 0.877. The van der Waals surface area contributed by atoms with Gasteiger partial charge in [0, 0.05) is 19.3 Å². The molecule has 0 saturated carbocycles. The number of rotatable bonds is 5. The molecule has 1 aromatic rings. The van der Waals surface area contributed by atoms with Crippen LogP contribution >= 0.6 is 0 Å². The number of carbonyl (C=O) groups excluding carboxylic acids is 2. The summed E-state index contributed by atoms with van der Waals surface area (Å²) >= 11 is 0. The topological polar surface area (TPSA) is 54.4 Å². The molecule has 0 aliphatic carbocycles. The van der Waals surface area contributed by atoms with E-state index in [4.69, 9.17) is 0 Å². The summed E-state index contributed by atoms with van der Waals surface area (Å²) in [4.78, 5) is 22.6. The Morgan fingerprint density at radius 2 is 1.87 bits per heavy atom. The van der Waals surface area contributed by atoms with E-state index in [0.29, 0.717) is 12.0 Å². The van der Waals surface area contributed by atoms with Crippen molar-refractivity contribution in [2.45, 2.75) is 26.2 Å². The molecule has 0 atom stereocenters. The summed E-state index contributed by atoms with van der Waals surface area (Å²) in [7, 11) is 0. The van der Waals surface area contributed by atoms with Crippen molar-refractivity contribution in [3.05, 3.63) is 29.8 Å². The van der Waals surface area contributed by atoms with Crippen LogP contribution in [0.25, 0.3) is 0 Å². The van der Waals surface area contributed by atoms with Crippen LogP contribution in [0.1, 0.15) is 36.5 Å². The van der Waals surface area contributed by atoms with Crippen molar-refractivity contribution in [3.8, 4) is 5.75 Å². The van der Waals surface area contributed by atoms with E-state index in [1.807, 2.05) is 0 Å². The fraction of sp³-hybridized carbons (Fsp3) is 0.333. The van der Waals surface area contributed by atoms with Crippen LogP contribution in [-0.4, -0.2) is 16.7 Å². The Bertz CT molecular complexity index is 369. The van der Waals surface area contributed by atoms with E-state index < -0.39 is 0 Å². The lowest BCUT2D eigenvalue weighted by molar-refractivity contribution is -0.118. The molecule has 3 heteroatoms. The first-order valence-electron chi connectivity index (χ1n) is 4.98.